The van der Waals surface area contributed by atoms with Gasteiger partial charge in [-0.2, -0.15) is 0 Å². The van der Waals surface area contributed by atoms with Gasteiger partial charge in [-0.15, -0.1) is 0 Å². The van der Waals surface area contributed by atoms with Crippen LogP contribution in [0.2, 0.25) is 0 Å². The fraction of sp³-hybridized carbons (Fsp3) is 0.455. The van der Waals surface area contributed by atoms with Crippen molar-refractivity contribution in [2.24, 2.45) is 0 Å². The molecule has 1 aromatic carbocycles. The Morgan fingerprint density at radius 2 is 2.00 bits per heavy atom. The largest absolute Gasteiger partial charge is 0.398 e. The van der Waals surface area contributed by atoms with E-state index in [9.17, 15) is 0 Å². The summed E-state index contributed by atoms with van der Waals surface area (Å²) in [4.78, 5) is 0. The maximum absolute atomic E-state index is 5.74. The Balaban J connectivity index is 2.65. The molecule has 0 aromatic heterocycles. The Morgan fingerprint density at radius 1 is 1.36 bits per heavy atom. The van der Waals surface area contributed by atoms with E-state index in [4.69, 9.17) is 5.73 Å². The summed E-state index contributed by atoms with van der Waals surface area (Å²) >= 11 is 2.26. The van der Waals surface area contributed by atoms with E-state index >= 15 is 0 Å². The minimum Gasteiger partial charge on any atom is -0.398 e. The summed E-state index contributed by atoms with van der Waals surface area (Å²) in [5.41, 5.74) is 8.03. The van der Waals surface area contributed by atoms with Crippen LogP contribution < -0.4 is 11.1 Å². The van der Waals surface area contributed by atoms with E-state index in [1.165, 1.54) is 5.56 Å². The lowest BCUT2D eigenvalue weighted by Crippen LogP contribution is -2.35. The van der Waals surface area contributed by atoms with Crippen molar-refractivity contribution in [1.82, 2.24) is 5.32 Å². The van der Waals surface area contributed by atoms with Gasteiger partial charge in [0.25, 0.3) is 0 Å². The van der Waals surface area contributed by atoms with E-state index in [1.807, 2.05) is 6.07 Å². The quantitative estimate of drug-likeness (QED) is 0.651. The van der Waals surface area contributed by atoms with E-state index in [0.717, 1.165) is 15.8 Å². The molecule has 0 bridgehead atoms. The molecule has 1 rings (SSSR count). The lowest BCUT2D eigenvalue weighted by atomic mass is 10.1. The van der Waals surface area contributed by atoms with E-state index in [-0.39, 0.29) is 5.54 Å². The molecule has 0 spiro atoms. The summed E-state index contributed by atoms with van der Waals surface area (Å²) in [5, 5.41) is 3.44. The van der Waals surface area contributed by atoms with Gasteiger partial charge in [0.15, 0.2) is 0 Å². The van der Waals surface area contributed by atoms with E-state index in [0.29, 0.717) is 0 Å². The third-order valence-electron chi connectivity index (χ3n) is 1.89. The normalized spacial score (nSPS) is 11.7. The average molecular weight is 304 g/mol. The van der Waals surface area contributed by atoms with Crippen molar-refractivity contribution < 1.29 is 0 Å². The Bertz CT molecular complexity index is 316. The smallest absolute Gasteiger partial charge is 0.0449 e. The van der Waals surface area contributed by atoms with Gasteiger partial charge < -0.3 is 11.1 Å². The predicted octanol–water partition coefficient (Wildman–Crippen LogP) is 2.76. The number of benzene rings is 1. The van der Waals surface area contributed by atoms with Crippen LogP contribution in [-0.2, 0) is 6.54 Å². The number of hydrogen-bond donors (Lipinski definition) is 2. The predicted molar refractivity (Wildman–Crippen MR) is 70.2 cm³/mol. The second kappa shape index (κ2) is 4.49. The van der Waals surface area contributed by atoms with Gasteiger partial charge in [-0.3, -0.25) is 0 Å². The highest BCUT2D eigenvalue weighted by Gasteiger charge is 2.08. The molecule has 3 heteroatoms. The van der Waals surface area contributed by atoms with Crippen molar-refractivity contribution in [3.8, 4) is 0 Å². The molecule has 0 atom stereocenters. The monoisotopic (exact) mass is 304 g/mol. The van der Waals surface area contributed by atoms with Crippen LogP contribution in [0.3, 0.4) is 0 Å². The summed E-state index contributed by atoms with van der Waals surface area (Å²) in [6.07, 6.45) is 0. The average Bonchev–Trinajstić information content (AvgIpc) is 2.06. The Hall–Kier alpha value is -0.290. The molecule has 0 amide bonds. The van der Waals surface area contributed by atoms with Crippen LogP contribution in [0.5, 0.6) is 0 Å². The van der Waals surface area contributed by atoms with Gasteiger partial charge >= 0.3 is 0 Å². The third-order valence-corrected chi connectivity index (χ3v) is 2.82. The molecule has 0 fully saturated rings. The van der Waals surface area contributed by atoms with Gasteiger partial charge in [0.2, 0.25) is 0 Å². The zero-order valence-corrected chi connectivity index (χ0v) is 11.1. The molecule has 0 aliphatic carbocycles. The number of nitrogens with one attached hydrogen (secondary N) is 1. The summed E-state index contributed by atoms with van der Waals surface area (Å²) < 4.78 is 1.12. The topological polar surface area (TPSA) is 38.0 Å². The van der Waals surface area contributed by atoms with Crippen molar-refractivity contribution in [3.63, 3.8) is 0 Å². The van der Waals surface area contributed by atoms with Crippen LogP contribution in [0, 0.1) is 3.57 Å². The lowest BCUT2D eigenvalue weighted by Gasteiger charge is -2.20. The van der Waals surface area contributed by atoms with Crippen LogP contribution in [0.4, 0.5) is 5.69 Å². The molecule has 3 N–H and O–H groups in total. The molecule has 2 nitrogen and oxygen atoms in total. The number of nitrogen functional groups attached to an aromatic ring is 1. The molecule has 1 aromatic rings. The van der Waals surface area contributed by atoms with Gasteiger partial charge in [-0.1, -0.05) is 6.07 Å². The SMILES string of the molecule is CC(C)(C)NCc1ccc(N)c(I)c1. The molecule has 0 radical (unpaired) electrons. The third kappa shape index (κ3) is 3.84. The molecule has 0 aliphatic rings. The van der Waals surface area contributed by atoms with E-state index in [1.54, 1.807) is 0 Å². The second-order valence-electron chi connectivity index (χ2n) is 4.46. The lowest BCUT2D eigenvalue weighted by molar-refractivity contribution is 0.424. The van der Waals surface area contributed by atoms with Gasteiger partial charge in [-0.25, -0.2) is 0 Å². The van der Waals surface area contributed by atoms with Gasteiger partial charge in [0.1, 0.15) is 0 Å². The highest BCUT2D eigenvalue weighted by molar-refractivity contribution is 14.1. The summed E-state index contributed by atoms with van der Waals surface area (Å²) in [7, 11) is 0. The number of rotatable bonds is 2. The molecule has 78 valence electrons. The fourth-order valence-corrected chi connectivity index (χ4v) is 1.63. The van der Waals surface area contributed by atoms with Gasteiger partial charge in [-0.05, 0) is 61.1 Å². The van der Waals surface area contributed by atoms with Crippen molar-refractivity contribution >= 4 is 28.3 Å². The first-order chi connectivity index (χ1) is 6.38. The maximum atomic E-state index is 5.74. The maximum Gasteiger partial charge on any atom is 0.0449 e. The van der Waals surface area contributed by atoms with Crippen molar-refractivity contribution in [1.29, 1.82) is 0 Å². The number of halogens is 1. The first-order valence-electron chi connectivity index (χ1n) is 4.67. The van der Waals surface area contributed by atoms with Crippen LogP contribution in [0.25, 0.3) is 0 Å². The zero-order chi connectivity index (χ0) is 10.8. The summed E-state index contributed by atoms with van der Waals surface area (Å²) in [5.74, 6) is 0. The minimum absolute atomic E-state index is 0.160. The molecule has 0 saturated carbocycles. The molecule has 0 aliphatic heterocycles. The van der Waals surface area contributed by atoms with Crippen molar-refractivity contribution in [2.45, 2.75) is 32.9 Å². The van der Waals surface area contributed by atoms with Crippen molar-refractivity contribution in [3.05, 3.63) is 27.3 Å². The minimum atomic E-state index is 0.160. The van der Waals surface area contributed by atoms with Gasteiger partial charge in [0.05, 0.1) is 0 Å². The van der Waals surface area contributed by atoms with E-state index < -0.39 is 0 Å². The Morgan fingerprint density at radius 3 is 2.50 bits per heavy atom. The highest BCUT2D eigenvalue weighted by Crippen LogP contribution is 2.16. The molecule has 14 heavy (non-hydrogen) atoms. The number of anilines is 1. The summed E-state index contributed by atoms with van der Waals surface area (Å²) in [6, 6.07) is 6.15. The molecule has 0 heterocycles. The number of hydrogen-bond acceptors (Lipinski definition) is 2. The van der Waals surface area contributed by atoms with Crippen LogP contribution >= 0.6 is 22.6 Å². The van der Waals surface area contributed by atoms with Gasteiger partial charge in [0, 0.05) is 21.3 Å². The summed E-state index contributed by atoms with van der Waals surface area (Å²) in [6.45, 7) is 7.37. The van der Waals surface area contributed by atoms with E-state index in [2.05, 4.69) is 60.8 Å². The molecule has 0 saturated heterocycles. The highest BCUT2D eigenvalue weighted by atomic mass is 127. The molecular formula is C11H17IN2. The first kappa shape index (κ1) is 11.8. The second-order valence-corrected chi connectivity index (χ2v) is 5.62. The van der Waals surface area contributed by atoms with Crippen LogP contribution in [-0.4, -0.2) is 5.54 Å². The standard InChI is InChI=1S/C11H17IN2/c1-11(2,3)14-7-8-4-5-10(13)9(12)6-8/h4-6,14H,7,13H2,1-3H3. The Labute approximate surface area is 99.4 Å². The fourth-order valence-electron chi connectivity index (χ4n) is 1.05. The molecular weight excluding hydrogens is 287 g/mol. The number of nitrogens with two attached hydrogens (primary N) is 1. The first-order valence-corrected chi connectivity index (χ1v) is 5.75. The zero-order valence-electron chi connectivity index (χ0n) is 8.89. The van der Waals surface area contributed by atoms with Crippen LogP contribution in [0.1, 0.15) is 26.3 Å². The Kier molecular flexibility index (Phi) is 3.78. The van der Waals surface area contributed by atoms with Crippen LogP contribution in [0.15, 0.2) is 18.2 Å². The van der Waals surface area contributed by atoms with Crippen molar-refractivity contribution in [2.75, 3.05) is 5.73 Å². The molecule has 0 unspecified atom stereocenters.